The Morgan fingerprint density at radius 2 is 2.47 bits per heavy atom. The Bertz CT molecular complexity index is 352. The number of thioether (sulfide) groups is 1. The van der Waals surface area contributed by atoms with Crippen molar-refractivity contribution in [1.29, 1.82) is 0 Å². The first-order valence-corrected chi connectivity index (χ1v) is 7.47. The summed E-state index contributed by atoms with van der Waals surface area (Å²) in [6, 6.07) is 0.913. The van der Waals surface area contributed by atoms with E-state index in [-0.39, 0.29) is 0 Å². The number of nitrogens with zero attached hydrogens (tertiary/aromatic N) is 3. The SMILES string of the molecule is CCn1cncc1C(CN)N1CCSCC1C. The molecule has 1 aliphatic heterocycles. The first kappa shape index (κ1) is 12.9. The minimum atomic E-state index is 0.313. The van der Waals surface area contributed by atoms with Crippen molar-refractivity contribution in [2.75, 3.05) is 24.6 Å². The molecule has 4 nitrogen and oxygen atoms in total. The topological polar surface area (TPSA) is 47.1 Å². The zero-order chi connectivity index (χ0) is 12.3. The van der Waals surface area contributed by atoms with Gasteiger partial charge >= 0.3 is 0 Å². The summed E-state index contributed by atoms with van der Waals surface area (Å²) in [5.74, 6) is 2.41. The van der Waals surface area contributed by atoms with Gasteiger partial charge in [-0.05, 0) is 13.8 Å². The van der Waals surface area contributed by atoms with E-state index in [4.69, 9.17) is 5.73 Å². The molecule has 96 valence electrons. The van der Waals surface area contributed by atoms with Crippen LogP contribution in [0, 0.1) is 0 Å². The molecule has 0 aromatic carbocycles. The standard InChI is InChI=1S/C12H22N4S/c1-3-15-9-14-7-12(15)11(6-13)16-4-5-17-8-10(16)2/h7,9-11H,3-6,8,13H2,1-2H3. The van der Waals surface area contributed by atoms with Gasteiger partial charge in [0.25, 0.3) is 0 Å². The zero-order valence-corrected chi connectivity index (χ0v) is 11.5. The molecular formula is C12H22N4S. The molecule has 2 unspecified atom stereocenters. The Hall–Kier alpha value is -0.520. The van der Waals surface area contributed by atoms with Crippen molar-refractivity contribution in [3.8, 4) is 0 Å². The van der Waals surface area contributed by atoms with Crippen molar-refractivity contribution in [2.24, 2.45) is 5.73 Å². The Morgan fingerprint density at radius 1 is 1.65 bits per heavy atom. The maximum absolute atomic E-state index is 5.99. The van der Waals surface area contributed by atoms with Gasteiger partial charge in [0, 0.05) is 43.4 Å². The van der Waals surface area contributed by atoms with E-state index in [1.807, 2.05) is 24.3 Å². The predicted molar refractivity (Wildman–Crippen MR) is 73.2 cm³/mol. The van der Waals surface area contributed by atoms with Crippen molar-refractivity contribution in [3.05, 3.63) is 18.2 Å². The van der Waals surface area contributed by atoms with Crippen LogP contribution in [0.2, 0.25) is 0 Å². The van der Waals surface area contributed by atoms with Gasteiger partial charge in [0.15, 0.2) is 0 Å². The average Bonchev–Trinajstić information content (AvgIpc) is 2.81. The maximum atomic E-state index is 5.99. The lowest BCUT2D eigenvalue weighted by Gasteiger charge is -2.39. The Morgan fingerprint density at radius 3 is 3.12 bits per heavy atom. The number of nitrogens with two attached hydrogens (primary N) is 1. The van der Waals surface area contributed by atoms with Gasteiger partial charge in [-0.3, -0.25) is 4.90 Å². The Labute approximate surface area is 108 Å². The van der Waals surface area contributed by atoms with Gasteiger partial charge in [0.2, 0.25) is 0 Å². The fourth-order valence-electron chi connectivity index (χ4n) is 2.50. The number of aromatic nitrogens is 2. The highest BCUT2D eigenvalue weighted by molar-refractivity contribution is 7.99. The monoisotopic (exact) mass is 254 g/mol. The third-order valence-corrected chi connectivity index (χ3v) is 4.66. The van der Waals surface area contributed by atoms with Crippen LogP contribution < -0.4 is 5.73 Å². The molecule has 0 aliphatic carbocycles. The minimum Gasteiger partial charge on any atom is -0.333 e. The van der Waals surface area contributed by atoms with E-state index < -0.39 is 0 Å². The quantitative estimate of drug-likeness (QED) is 0.881. The first-order valence-electron chi connectivity index (χ1n) is 6.31. The molecule has 2 heterocycles. The van der Waals surface area contributed by atoms with Crippen LogP contribution in [0.1, 0.15) is 25.6 Å². The Balaban J connectivity index is 2.20. The van der Waals surface area contributed by atoms with E-state index in [1.165, 1.54) is 17.2 Å². The van der Waals surface area contributed by atoms with Gasteiger partial charge in [-0.2, -0.15) is 11.8 Å². The van der Waals surface area contributed by atoms with Crippen LogP contribution in [-0.4, -0.2) is 45.1 Å². The van der Waals surface area contributed by atoms with Crippen molar-refractivity contribution in [3.63, 3.8) is 0 Å². The molecule has 1 aromatic rings. The lowest BCUT2D eigenvalue weighted by Crippen LogP contribution is -2.45. The van der Waals surface area contributed by atoms with E-state index in [0.717, 1.165) is 13.1 Å². The molecule has 2 N–H and O–H groups in total. The highest BCUT2D eigenvalue weighted by atomic mass is 32.2. The van der Waals surface area contributed by atoms with Crippen molar-refractivity contribution < 1.29 is 0 Å². The second-order valence-corrected chi connectivity index (χ2v) is 5.67. The van der Waals surface area contributed by atoms with Crippen LogP contribution >= 0.6 is 11.8 Å². The average molecular weight is 254 g/mol. The summed E-state index contributed by atoms with van der Waals surface area (Å²) < 4.78 is 2.20. The van der Waals surface area contributed by atoms with Crippen LogP contribution in [0.3, 0.4) is 0 Å². The summed E-state index contributed by atoms with van der Waals surface area (Å²) in [5, 5.41) is 0. The smallest absolute Gasteiger partial charge is 0.0948 e. The molecule has 0 radical (unpaired) electrons. The normalized spacial score (nSPS) is 23.8. The zero-order valence-electron chi connectivity index (χ0n) is 10.7. The van der Waals surface area contributed by atoms with Gasteiger partial charge in [-0.15, -0.1) is 0 Å². The first-order chi connectivity index (χ1) is 8.27. The van der Waals surface area contributed by atoms with Crippen LogP contribution in [0.25, 0.3) is 0 Å². The van der Waals surface area contributed by atoms with Gasteiger partial charge in [-0.1, -0.05) is 0 Å². The van der Waals surface area contributed by atoms with Crippen molar-refractivity contribution >= 4 is 11.8 Å². The fourth-order valence-corrected chi connectivity index (χ4v) is 3.54. The van der Waals surface area contributed by atoms with E-state index in [9.17, 15) is 0 Å². The number of hydrogen-bond acceptors (Lipinski definition) is 4. The molecule has 1 aliphatic rings. The molecule has 2 atom stereocenters. The van der Waals surface area contributed by atoms with Crippen LogP contribution in [-0.2, 0) is 6.54 Å². The minimum absolute atomic E-state index is 0.313. The van der Waals surface area contributed by atoms with Crippen LogP contribution in [0.4, 0.5) is 0 Å². The van der Waals surface area contributed by atoms with E-state index in [0.29, 0.717) is 18.6 Å². The van der Waals surface area contributed by atoms with Gasteiger partial charge in [0.05, 0.1) is 18.1 Å². The number of imidazole rings is 1. The molecule has 1 fully saturated rings. The summed E-state index contributed by atoms with van der Waals surface area (Å²) in [5.41, 5.74) is 7.25. The number of aryl methyl sites for hydroxylation is 1. The summed E-state index contributed by atoms with van der Waals surface area (Å²) in [6.07, 6.45) is 3.87. The molecule has 0 amide bonds. The lowest BCUT2D eigenvalue weighted by molar-refractivity contribution is 0.160. The molecule has 17 heavy (non-hydrogen) atoms. The molecule has 5 heteroatoms. The van der Waals surface area contributed by atoms with E-state index in [1.54, 1.807) is 0 Å². The van der Waals surface area contributed by atoms with Gasteiger partial charge < -0.3 is 10.3 Å². The number of rotatable bonds is 4. The van der Waals surface area contributed by atoms with Crippen LogP contribution in [0.5, 0.6) is 0 Å². The molecule has 0 saturated carbocycles. The molecule has 1 aromatic heterocycles. The summed E-state index contributed by atoms with van der Waals surface area (Å²) in [4.78, 5) is 6.78. The summed E-state index contributed by atoms with van der Waals surface area (Å²) >= 11 is 2.04. The second kappa shape index (κ2) is 5.89. The Kier molecular flexibility index (Phi) is 4.48. The summed E-state index contributed by atoms with van der Waals surface area (Å²) in [6.45, 7) is 7.20. The molecular weight excluding hydrogens is 232 g/mol. The van der Waals surface area contributed by atoms with E-state index >= 15 is 0 Å². The lowest BCUT2D eigenvalue weighted by atomic mass is 10.1. The highest BCUT2D eigenvalue weighted by Gasteiger charge is 2.28. The second-order valence-electron chi connectivity index (χ2n) is 4.52. The van der Waals surface area contributed by atoms with Crippen LogP contribution in [0.15, 0.2) is 12.5 Å². The molecule has 0 spiro atoms. The molecule has 2 rings (SSSR count). The third kappa shape index (κ3) is 2.67. The third-order valence-electron chi connectivity index (χ3n) is 3.47. The predicted octanol–water partition coefficient (Wildman–Crippen LogP) is 1.34. The van der Waals surface area contributed by atoms with Crippen molar-refractivity contribution in [1.82, 2.24) is 14.5 Å². The van der Waals surface area contributed by atoms with Crippen molar-refractivity contribution in [2.45, 2.75) is 32.5 Å². The largest absolute Gasteiger partial charge is 0.333 e. The fraction of sp³-hybridized carbons (Fsp3) is 0.750. The van der Waals surface area contributed by atoms with Gasteiger partial charge in [0.1, 0.15) is 0 Å². The molecule has 1 saturated heterocycles. The van der Waals surface area contributed by atoms with E-state index in [2.05, 4.69) is 28.3 Å². The number of hydrogen-bond donors (Lipinski definition) is 1. The molecule has 0 bridgehead atoms. The van der Waals surface area contributed by atoms with Gasteiger partial charge in [-0.25, -0.2) is 4.98 Å². The summed E-state index contributed by atoms with van der Waals surface area (Å²) in [7, 11) is 0. The highest BCUT2D eigenvalue weighted by Crippen LogP contribution is 2.26. The maximum Gasteiger partial charge on any atom is 0.0948 e.